The van der Waals surface area contributed by atoms with Crippen LogP contribution >= 0.6 is 0 Å². The first kappa shape index (κ1) is 14.3. The van der Waals surface area contributed by atoms with E-state index in [9.17, 15) is 0 Å². The molecular formula is C16H26N2O. The lowest BCUT2D eigenvalue weighted by Gasteiger charge is -2.32. The van der Waals surface area contributed by atoms with Gasteiger partial charge in [-0.05, 0) is 45.6 Å². The molecule has 2 rings (SSSR count). The maximum atomic E-state index is 6.34. The van der Waals surface area contributed by atoms with Crippen LogP contribution in [-0.2, 0) is 6.54 Å². The Hall–Kier alpha value is -1.09. The van der Waals surface area contributed by atoms with Gasteiger partial charge >= 0.3 is 0 Å². The molecule has 0 radical (unpaired) electrons. The molecule has 2 atom stereocenters. The van der Waals surface area contributed by atoms with E-state index < -0.39 is 0 Å². The standard InChI is InChI=1S/C16H26N2O/c1-4-13-7-5-6-8-15(13)19-16-9-12(2)18-11-14(16)10-17-3/h9,11,13,15,17H,4-8,10H2,1-3H3. The third-order valence-electron chi connectivity index (χ3n) is 4.09. The molecule has 0 amide bonds. The number of ether oxygens (including phenoxy) is 1. The Balaban J connectivity index is 2.14. The molecule has 106 valence electrons. The van der Waals surface area contributed by atoms with E-state index in [0.717, 1.165) is 23.6 Å². The van der Waals surface area contributed by atoms with Gasteiger partial charge in [-0.3, -0.25) is 4.98 Å². The van der Waals surface area contributed by atoms with Gasteiger partial charge < -0.3 is 10.1 Å². The van der Waals surface area contributed by atoms with Gasteiger partial charge in [0.15, 0.2) is 0 Å². The van der Waals surface area contributed by atoms with E-state index in [-0.39, 0.29) is 0 Å². The predicted octanol–water partition coefficient (Wildman–Crippen LogP) is 3.46. The molecule has 0 saturated heterocycles. The zero-order valence-electron chi connectivity index (χ0n) is 12.4. The smallest absolute Gasteiger partial charge is 0.127 e. The van der Waals surface area contributed by atoms with Crippen LogP contribution in [0, 0.1) is 12.8 Å². The molecule has 1 saturated carbocycles. The molecule has 3 heteroatoms. The fourth-order valence-electron chi connectivity index (χ4n) is 2.95. The Morgan fingerprint density at radius 1 is 1.37 bits per heavy atom. The zero-order valence-corrected chi connectivity index (χ0v) is 12.4. The highest BCUT2D eigenvalue weighted by atomic mass is 16.5. The van der Waals surface area contributed by atoms with Crippen LogP contribution in [0.5, 0.6) is 5.75 Å². The molecule has 0 aliphatic heterocycles. The monoisotopic (exact) mass is 262 g/mol. The maximum absolute atomic E-state index is 6.34. The average Bonchev–Trinajstić information content (AvgIpc) is 2.42. The van der Waals surface area contributed by atoms with Crippen LogP contribution in [0.25, 0.3) is 0 Å². The Morgan fingerprint density at radius 2 is 2.16 bits per heavy atom. The van der Waals surface area contributed by atoms with Crippen LogP contribution in [0.2, 0.25) is 0 Å². The van der Waals surface area contributed by atoms with Gasteiger partial charge in [-0.15, -0.1) is 0 Å². The van der Waals surface area contributed by atoms with Crippen LogP contribution in [0.4, 0.5) is 0 Å². The van der Waals surface area contributed by atoms with Gasteiger partial charge in [0.1, 0.15) is 11.9 Å². The quantitative estimate of drug-likeness (QED) is 0.882. The van der Waals surface area contributed by atoms with Crippen molar-refractivity contribution in [3.8, 4) is 5.75 Å². The Kier molecular flexibility index (Phi) is 5.20. The van der Waals surface area contributed by atoms with E-state index in [4.69, 9.17) is 4.74 Å². The predicted molar refractivity (Wildman–Crippen MR) is 78.4 cm³/mol. The minimum atomic E-state index is 0.385. The number of pyridine rings is 1. The molecule has 1 aliphatic rings. The molecule has 2 unspecified atom stereocenters. The van der Waals surface area contributed by atoms with Crippen LogP contribution in [0.1, 0.15) is 50.3 Å². The van der Waals surface area contributed by atoms with E-state index in [1.807, 2.05) is 20.2 Å². The van der Waals surface area contributed by atoms with Gasteiger partial charge in [0.05, 0.1) is 0 Å². The second-order valence-corrected chi connectivity index (χ2v) is 5.57. The fraction of sp³-hybridized carbons (Fsp3) is 0.688. The van der Waals surface area contributed by atoms with Gasteiger partial charge in [-0.25, -0.2) is 0 Å². The lowest BCUT2D eigenvalue weighted by molar-refractivity contribution is 0.0891. The normalized spacial score (nSPS) is 23.3. The van der Waals surface area contributed by atoms with Gasteiger partial charge in [0.2, 0.25) is 0 Å². The second-order valence-electron chi connectivity index (χ2n) is 5.57. The Morgan fingerprint density at radius 3 is 2.89 bits per heavy atom. The van der Waals surface area contributed by atoms with E-state index in [0.29, 0.717) is 12.0 Å². The van der Waals surface area contributed by atoms with Gasteiger partial charge in [0.25, 0.3) is 0 Å². The summed E-state index contributed by atoms with van der Waals surface area (Å²) >= 11 is 0. The summed E-state index contributed by atoms with van der Waals surface area (Å²) in [6.07, 6.45) is 8.70. The van der Waals surface area contributed by atoms with Crippen molar-refractivity contribution < 1.29 is 4.74 Å². The molecule has 1 aromatic heterocycles. The SMILES string of the molecule is CCC1CCCCC1Oc1cc(C)ncc1CNC. The summed E-state index contributed by atoms with van der Waals surface area (Å²) in [6, 6.07) is 2.08. The highest BCUT2D eigenvalue weighted by Crippen LogP contribution is 2.31. The molecule has 1 heterocycles. The highest BCUT2D eigenvalue weighted by molar-refractivity contribution is 5.33. The fourth-order valence-corrected chi connectivity index (χ4v) is 2.95. The first-order chi connectivity index (χ1) is 9.24. The van der Waals surface area contributed by atoms with Crippen molar-refractivity contribution in [3.05, 3.63) is 23.5 Å². The molecule has 0 spiro atoms. The summed E-state index contributed by atoms with van der Waals surface area (Å²) in [5.41, 5.74) is 2.19. The van der Waals surface area contributed by atoms with Crippen molar-refractivity contribution in [2.45, 2.75) is 58.6 Å². The number of aromatic nitrogens is 1. The molecule has 0 aromatic carbocycles. The third kappa shape index (κ3) is 3.69. The average molecular weight is 262 g/mol. The Labute approximate surface area is 116 Å². The lowest BCUT2D eigenvalue weighted by atomic mass is 9.84. The van der Waals surface area contributed by atoms with E-state index in [1.165, 1.54) is 32.1 Å². The number of nitrogens with zero attached hydrogens (tertiary/aromatic N) is 1. The lowest BCUT2D eigenvalue weighted by Crippen LogP contribution is -2.30. The van der Waals surface area contributed by atoms with Crippen molar-refractivity contribution >= 4 is 0 Å². The van der Waals surface area contributed by atoms with Crippen LogP contribution in [0.3, 0.4) is 0 Å². The summed E-state index contributed by atoms with van der Waals surface area (Å²) in [7, 11) is 1.96. The summed E-state index contributed by atoms with van der Waals surface area (Å²) in [6.45, 7) is 5.11. The Bertz CT molecular complexity index is 406. The number of aryl methyl sites for hydroxylation is 1. The van der Waals surface area contributed by atoms with Gasteiger partial charge in [0, 0.05) is 30.1 Å². The number of rotatable bonds is 5. The number of hydrogen-bond acceptors (Lipinski definition) is 3. The summed E-state index contributed by atoms with van der Waals surface area (Å²) in [4.78, 5) is 4.37. The molecule has 1 N–H and O–H groups in total. The zero-order chi connectivity index (χ0) is 13.7. The van der Waals surface area contributed by atoms with Crippen molar-refractivity contribution in [1.29, 1.82) is 0 Å². The van der Waals surface area contributed by atoms with Crippen molar-refractivity contribution in [2.75, 3.05) is 7.05 Å². The first-order valence-corrected chi connectivity index (χ1v) is 7.51. The topological polar surface area (TPSA) is 34.1 Å². The second kappa shape index (κ2) is 6.90. The van der Waals surface area contributed by atoms with Gasteiger partial charge in [-0.1, -0.05) is 13.3 Å². The molecule has 3 nitrogen and oxygen atoms in total. The minimum absolute atomic E-state index is 0.385. The molecular weight excluding hydrogens is 236 g/mol. The molecule has 1 aliphatic carbocycles. The van der Waals surface area contributed by atoms with Crippen LogP contribution in [0.15, 0.2) is 12.3 Å². The largest absolute Gasteiger partial charge is 0.490 e. The van der Waals surface area contributed by atoms with Gasteiger partial charge in [-0.2, -0.15) is 0 Å². The maximum Gasteiger partial charge on any atom is 0.127 e. The van der Waals surface area contributed by atoms with E-state index in [2.05, 4.69) is 23.3 Å². The molecule has 1 aromatic rings. The van der Waals surface area contributed by atoms with Crippen LogP contribution < -0.4 is 10.1 Å². The highest BCUT2D eigenvalue weighted by Gasteiger charge is 2.25. The number of nitrogens with one attached hydrogen (secondary N) is 1. The summed E-state index contributed by atoms with van der Waals surface area (Å²) in [5, 5.41) is 3.19. The molecule has 0 bridgehead atoms. The van der Waals surface area contributed by atoms with E-state index >= 15 is 0 Å². The van der Waals surface area contributed by atoms with E-state index in [1.54, 1.807) is 0 Å². The van der Waals surface area contributed by atoms with Crippen molar-refractivity contribution in [3.63, 3.8) is 0 Å². The van der Waals surface area contributed by atoms with Crippen molar-refractivity contribution in [2.24, 2.45) is 5.92 Å². The minimum Gasteiger partial charge on any atom is -0.490 e. The van der Waals surface area contributed by atoms with Crippen LogP contribution in [-0.4, -0.2) is 18.1 Å². The number of hydrogen-bond donors (Lipinski definition) is 1. The first-order valence-electron chi connectivity index (χ1n) is 7.51. The molecule has 19 heavy (non-hydrogen) atoms. The third-order valence-corrected chi connectivity index (χ3v) is 4.09. The summed E-state index contributed by atoms with van der Waals surface area (Å²) < 4.78 is 6.34. The summed E-state index contributed by atoms with van der Waals surface area (Å²) in [5.74, 6) is 1.73. The molecule has 1 fully saturated rings. The van der Waals surface area contributed by atoms with Crippen molar-refractivity contribution in [1.82, 2.24) is 10.3 Å².